The van der Waals surface area contributed by atoms with E-state index in [2.05, 4.69) is 19.2 Å². The zero-order chi connectivity index (χ0) is 13.5. The molecule has 0 saturated carbocycles. The van der Waals surface area contributed by atoms with Crippen molar-refractivity contribution in [2.45, 2.75) is 33.4 Å². The van der Waals surface area contributed by atoms with Crippen LogP contribution in [0.25, 0.3) is 0 Å². The summed E-state index contributed by atoms with van der Waals surface area (Å²) < 4.78 is 5.71. The molecule has 1 aromatic rings. The number of benzene rings is 1. The lowest BCUT2D eigenvalue weighted by atomic mass is 10.2. The molecule has 0 aliphatic carbocycles. The molecular formula is C14H22N2O2. The minimum Gasteiger partial charge on any atom is -0.493 e. The highest BCUT2D eigenvalue weighted by Crippen LogP contribution is 2.18. The van der Waals surface area contributed by atoms with Crippen LogP contribution in [-0.2, 0) is 11.3 Å². The van der Waals surface area contributed by atoms with Gasteiger partial charge in [-0.25, -0.2) is 0 Å². The van der Waals surface area contributed by atoms with Crippen LogP contribution in [0.15, 0.2) is 24.3 Å². The second-order valence-electron chi connectivity index (χ2n) is 4.82. The summed E-state index contributed by atoms with van der Waals surface area (Å²) in [5, 5.41) is 2.78. The monoisotopic (exact) mass is 250 g/mol. The fraction of sp³-hybridized carbons (Fsp3) is 0.500. The van der Waals surface area contributed by atoms with Crippen LogP contribution in [-0.4, -0.2) is 18.6 Å². The van der Waals surface area contributed by atoms with E-state index in [0.29, 0.717) is 19.1 Å². The van der Waals surface area contributed by atoms with Crippen LogP contribution >= 0.6 is 0 Å². The van der Waals surface area contributed by atoms with Crippen molar-refractivity contribution in [1.29, 1.82) is 0 Å². The summed E-state index contributed by atoms with van der Waals surface area (Å²) in [6.07, 6.45) is 0. The molecule has 3 N–H and O–H groups in total. The van der Waals surface area contributed by atoms with Crippen LogP contribution in [0.3, 0.4) is 0 Å². The summed E-state index contributed by atoms with van der Waals surface area (Å²) in [4.78, 5) is 11.4. The number of rotatable bonds is 6. The minimum atomic E-state index is -0.492. The zero-order valence-electron chi connectivity index (χ0n) is 11.3. The van der Waals surface area contributed by atoms with Crippen molar-refractivity contribution >= 4 is 5.91 Å². The normalized spacial score (nSPS) is 12.3. The van der Waals surface area contributed by atoms with Crippen LogP contribution in [0.4, 0.5) is 0 Å². The van der Waals surface area contributed by atoms with Crippen molar-refractivity contribution in [1.82, 2.24) is 5.32 Å². The highest BCUT2D eigenvalue weighted by molar-refractivity contribution is 5.80. The molecule has 4 nitrogen and oxygen atoms in total. The number of nitrogens with one attached hydrogen (secondary N) is 1. The lowest BCUT2D eigenvalue weighted by Crippen LogP contribution is -2.37. The molecule has 0 unspecified atom stereocenters. The summed E-state index contributed by atoms with van der Waals surface area (Å²) in [5.41, 5.74) is 6.46. The predicted molar refractivity (Wildman–Crippen MR) is 72.3 cm³/mol. The summed E-state index contributed by atoms with van der Waals surface area (Å²) in [6, 6.07) is 7.21. The van der Waals surface area contributed by atoms with Crippen molar-refractivity contribution in [2.24, 2.45) is 11.7 Å². The highest BCUT2D eigenvalue weighted by atomic mass is 16.5. The molecule has 18 heavy (non-hydrogen) atoms. The van der Waals surface area contributed by atoms with E-state index in [1.807, 2.05) is 24.3 Å². The van der Waals surface area contributed by atoms with E-state index in [9.17, 15) is 4.79 Å². The van der Waals surface area contributed by atoms with Gasteiger partial charge in [0.25, 0.3) is 0 Å². The number of carbonyl (C=O) groups excluding carboxylic acids is 1. The number of hydrogen-bond donors (Lipinski definition) is 2. The SMILES string of the molecule is CC(C)COc1ccccc1CNC(=O)[C@H](C)N. The zero-order valence-corrected chi connectivity index (χ0v) is 11.3. The number of nitrogens with two attached hydrogens (primary N) is 1. The number of hydrogen-bond acceptors (Lipinski definition) is 3. The summed E-state index contributed by atoms with van der Waals surface area (Å²) in [6.45, 7) is 6.96. The van der Waals surface area contributed by atoms with Crippen LogP contribution < -0.4 is 15.8 Å². The largest absolute Gasteiger partial charge is 0.493 e. The van der Waals surface area contributed by atoms with Crippen LogP contribution in [0.5, 0.6) is 5.75 Å². The maximum absolute atomic E-state index is 11.4. The number of amides is 1. The number of carbonyl (C=O) groups is 1. The fourth-order valence-corrected chi connectivity index (χ4v) is 1.39. The van der Waals surface area contributed by atoms with Gasteiger partial charge in [-0.05, 0) is 18.9 Å². The molecule has 0 spiro atoms. The maximum atomic E-state index is 11.4. The van der Waals surface area contributed by atoms with E-state index in [0.717, 1.165) is 11.3 Å². The lowest BCUT2D eigenvalue weighted by molar-refractivity contribution is -0.122. The Balaban J connectivity index is 2.61. The molecule has 4 heteroatoms. The molecule has 0 aromatic heterocycles. The summed E-state index contributed by atoms with van der Waals surface area (Å²) >= 11 is 0. The van der Waals surface area contributed by atoms with E-state index in [1.165, 1.54) is 0 Å². The van der Waals surface area contributed by atoms with E-state index in [1.54, 1.807) is 6.92 Å². The van der Waals surface area contributed by atoms with Crippen LogP contribution in [0, 0.1) is 5.92 Å². The average Bonchev–Trinajstić information content (AvgIpc) is 2.34. The van der Waals surface area contributed by atoms with Crippen LogP contribution in [0.2, 0.25) is 0 Å². The van der Waals surface area contributed by atoms with Crippen molar-refractivity contribution in [3.63, 3.8) is 0 Å². The first-order chi connectivity index (χ1) is 8.50. The third-order valence-corrected chi connectivity index (χ3v) is 2.41. The number of para-hydroxylation sites is 1. The Morgan fingerprint density at radius 3 is 2.61 bits per heavy atom. The van der Waals surface area contributed by atoms with Gasteiger partial charge in [-0.15, -0.1) is 0 Å². The van der Waals surface area contributed by atoms with E-state index >= 15 is 0 Å². The van der Waals surface area contributed by atoms with Gasteiger partial charge >= 0.3 is 0 Å². The van der Waals surface area contributed by atoms with Gasteiger partial charge in [0.05, 0.1) is 12.6 Å². The molecule has 1 atom stereocenters. The molecule has 0 aliphatic rings. The topological polar surface area (TPSA) is 64.3 Å². The third kappa shape index (κ3) is 4.75. The molecule has 1 amide bonds. The molecule has 1 aromatic carbocycles. The van der Waals surface area contributed by atoms with E-state index < -0.39 is 6.04 Å². The number of ether oxygens (including phenoxy) is 1. The molecular weight excluding hydrogens is 228 g/mol. The molecule has 0 bridgehead atoms. The van der Waals surface area contributed by atoms with E-state index in [4.69, 9.17) is 10.5 Å². The first-order valence-electron chi connectivity index (χ1n) is 6.24. The Hall–Kier alpha value is -1.55. The summed E-state index contributed by atoms with van der Waals surface area (Å²) in [5.74, 6) is 1.13. The smallest absolute Gasteiger partial charge is 0.236 e. The van der Waals surface area contributed by atoms with Crippen molar-refractivity contribution in [2.75, 3.05) is 6.61 Å². The van der Waals surface area contributed by atoms with Gasteiger partial charge in [-0.2, -0.15) is 0 Å². The van der Waals surface area contributed by atoms with Crippen LogP contribution in [0.1, 0.15) is 26.3 Å². The Labute approximate surface area is 109 Å². The summed E-state index contributed by atoms with van der Waals surface area (Å²) in [7, 11) is 0. The predicted octanol–water partition coefficient (Wildman–Crippen LogP) is 1.68. The Morgan fingerprint density at radius 1 is 1.33 bits per heavy atom. The van der Waals surface area contributed by atoms with Gasteiger partial charge < -0.3 is 15.8 Å². The molecule has 0 fully saturated rings. The highest BCUT2D eigenvalue weighted by Gasteiger charge is 2.09. The first kappa shape index (κ1) is 14.5. The quantitative estimate of drug-likeness (QED) is 0.807. The second kappa shape index (κ2) is 7.01. The van der Waals surface area contributed by atoms with Crippen molar-refractivity contribution in [3.05, 3.63) is 29.8 Å². The molecule has 0 saturated heterocycles. The maximum Gasteiger partial charge on any atom is 0.236 e. The van der Waals surface area contributed by atoms with Gasteiger partial charge in [-0.3, -0.25) is 4.79 Å². The Bertz CT molecular complexity index is 389. The van der Waals surface area contributed by atoms with Gasteiger partial charge in [0.15, 0.2) is 0 Å². The Kier molecular flexibility index (Phi) is 5.65. The molecule has 0 radical (unpaired) electrons. The molecule has 100 valence electrons. The van der Waals surface area contributed by atoms with Gasteiger partial charge in [-0.1, -0.05) is 32.0 Å². The third-order valence-electron chi connectivity index (χ3n) is 2.41. The van der Waals surface area contributed by atoms with Crippen molar-refractivity contribution < 1.29 is 9.53 Å². The second-order valence-corrected chi connectivity index (χ2v) is 4.82. The van der Waals surface area contributed by atoms with Gasteiger partial charge in [0.2, 0.25) is 5.91 Å². The standard InChI is InChI=1S/C14H22N2O2/c1-10(2)9-18-13-7-5-4-6-12(13)8-16-14(17)11(3)15/h4-7,10-11H,8-9,15H2,1-3H3,(H,16,17)/t11-/m0/s1. The van der Waals surface area contributed by atoms with Gasteiger partial charge in [0.1, 0.15) is 5.75 Å². The minimum absolute atomic E-state index is 0.159. The van der Waals surface area contributed by atoms with E-state index in [-0.39, 0.29) is 5.91 Å². The Morgan fingerprint density at radius 2 is 2.00 bits per heavy atom. The van der Waals surface area contributed by atoms with Gasteiger partial charge in [0, 0.05) is 12.1 Å². The molecule has 1 rings (SSSR count). The lowest BCUT2D eigenvalue weighted by Gasteiger charge is -2.14. The average molecular weight is 250 g/mol. The fourth-order valence-electron chi connectivity index (χ4n) is 1.39. The first-order valence-corrected chi connectivity index (χ1v) is 6.24. The molecule has 0 aliphatic heterocycles. The molecule has 0 heterocycles. The van der Waals surface area contributed by atoms with Crippen molar-refractivity contribution in [3.8, 4) is 5.75 Å².